The van der Waals surface area contributed by atoms with Gasteiger partial charge in [-0.1, -0.05) is 94.8 Å². The van der Waals surface area contributed by atoms with Crippen LogP contribution in [0.15, 0.2) is 60.7 Å². The Morgan fingerprint density at radius 1 is 0.885 bits per heavy atom. The average molecular weight is 371 g/mol. The van der Waals surface area contributed by atoms with E-state index < -0.39 is 8.32 Å². The molecule has 0 heterocycles. The summed E-state index contributed by atoms with van der Waals surface area (Å²) < 4.78 is 6.86. The molecule has 0 saturated carbocycles. The zero-order valence-corrected chi connectivity index (χ0v) is 17.7. The third-order valence-corrected chi connectivity index (χ3v) is 10.2. The Morgan fingerprint density at radius 2 is 1.38 bits per heavy atom. The highest BCUT2D eigenvalue weighted by Crippen LogP contribution is 2.36. The molecule has 2 rings (SSSR count). The van der Waals surface area contributed by atoms with Crippen molar-refractivity contribution in [2.45, 2.75) is 52.0 Å². The van der Waals surface area contributed by atoms with Crippen molar-refractivity contribution in [1.29, 1.82) is 0 Å². The maximum Gasteiger partial charge on any atom is 0.261 e. The standard InChI is InChI=1S/C23H34O2Si/c1-20(19-24)13-11-12-18-25-26(23(2,3)4,21-14-7-5-8-15-21)22-16-9-6-10-17-22/h5-10,14-17,20,24H,11-13,18-19H2,1-4H3/t20-/m1/s1. The van der Waals surface area contributed by atoms with E-state index in [0.717, 1.165) is 25.9 Å². The molecule has 142 valence electrons. The second-order valence-electron chi connectivity index (χ2n) is 8.30. The predicted molar refractivity (Wildman–Crippen MR) is 114 cm³/mol. The Bertz CT molecular complexity index is 595. The van der Waals surface area contributed by atoms with Crippen LogP contribution in [-0.2, 0) is 4.43 Å². The van der Waals surface area contributed by atoms with Crippen molar-refractivity contribution in [2.24, 2.45) is 5.92 Å². The van der Waals surface area contributed by atoms with Gasteiger partial charge in [-0.2, -0.15) is 0 Å². The zero-order chi connectivity index (χ0) is 19.0. The predicted octanol–water partition coefficient (Wildman–Crippen LogP) is 4.36. The van der Waals surface area contributed by atoms with Gasteiger partial charge in [0.1, 0.15) is 0 Å². The van der Waals surface area contributed by atoms with E-state index in [4.69, 9.17) is 4.43 Å². The van der Waals surface area contributed by atoms with Crippen LogP contribution >= 0.6 is 0 Å². The molecule has 0 spiro atoms. The third-order valence-electron chi connectivity index (χ3n) is 5.14. The largest absolute Gasteiger partial charge is 0.407 e. The van der Waals surface area contributed by atoms with Gasteiger partial charge in [0, 0.05) is 13.2 Å². The summed E-state index contributed by atoms with van der Waals surface area (Å²) in [6, 6.07) is 21.6. The van der Waals surface area contributed by atoms with E-state index >= 15 is 0 Å². The first-order valence-corrected chi connectivity index (χ1v) is 11.7. The van der Waals surface area contributed by atoms with E-state index in [1.165, 1.54) is 10.4 Å². The number of unbranched alkanes of at least 4 members (excludes halogenated alkanes) is 1. The van der Waals surface area contributed by atoms with Crippen LogP contribution < -0.4 is 10.4 Å². The lowest BCUT2D eigenvalue weighted by Crippen LogP contribution is -2.66. The smallest absolute Gasteiger partial charge is 0.261 e. The lowest BCUT2D eigenvalue weighted by molar-refractivity contribution is 0.221. The van der Waals surface area contributed by atoms with Crippen molar-refractivity contribution in [3.05, 3.63) is 60.7 Å². The molecule has 0 aliphatic heterocycles. The first kappa shape index (κ1) is 20.9. The van der Waals surface area contributed by atoms with Gasteiger partial charge in [0.05, 0.1) is 0 Å². The molecule has 26 heavy (non-hydrogen) atoms. The fourth-order valence-corrected chi connectivity index (χ4v) is 8.28. The molecule has 0 saturated heterocycles. The van der Waals surface area contributed by atoms with E-state index in [9.17, 15) is 5.11 Å². The number of aliphatic hydroxyl groups is 1. The van der Waals surface area contributed by atoms with E-state index in [-0.39, 0.29) is 11.6 Å². The molecule has 1 N–H and O–H groups in total. The van der Waals surface area contributed by atoms with Gasteiger partial charge in [-0.15, -0.1) is 0 Å². The van der Waals surface area contributed by atoms with E-state index in [0.29, 0.717) is 5.92 Å². The minimum atomic E-state index is -2.38. The Hall–Kier alpha value is -1.42. The molecular formula is C23H34O2Si. The number of aliphatic hydroxyl groups excluding tert-OH is 1. The fraction of sp³-hybridized carbons (Fsp3) is 0.478. The van der Waals surface area contributed by atoms with Crippen LogP contribution in [0.4, 0.5) is 0 Å². The average Bonchev–Trinajstić information content (AvgIpc) is 2.65. The molecule has 0 aliphatic rings. The van der Waals surface area contributed by atoms with Gasteiger partial charge in [-0.3, -0.25) is 0 Å². The van der Waals surface area contributed by atoms with Crippen LogP contribution in [-0.4, -0.2) is 26.6 Å². The first-order chi connectivity index (χ1) is 12.4. The second-order valence-corrected chi connectivity index (χ2v) is 12.6. The third kappa shape index (κ3) is 4.85. The van der Waals surface area contributed by atoms with Crippen LogP contribution in [0.5, 0.6) is 0 Å². The number of benzene rings is 2. The number of hydrogen-bond acceptors (Lipinski definition) is 2. The SMILES string of the molecule is C[C@@H](CO)CCCCO[Si](c1ccccc1)(c1ccccc1)C(C)(C)C. The summed E-state index contributed by atoms with van der Waals surface area (Å²) in [5.74, 6) is 0.378. The van der Waals surface area contributed by atoms with E-state index in [1.54, 1.807) is 0 Å². The van der Waals surface area contributed by atoms with Gasteiger partial charge < -0.3 is 9.53 Å². The van der Waals surface area contributed by atoms with Crippen molar-refractivity contribution in [1.82, 2.24) is 0 Å². The maximum absolute atomic E-state index is 9.20. The fourth-order valence-electron chi connectivity index (χ4n) is 3.67. The minimum absolute atomic E-state index is 0.0358. The Labute approximate surface area is 160 Å². The van der Waals surface area contributed by atoms with Crippen LogP contribution in [0, 0.1) is 5.92 Å². The van der Waals surface area contributed by atoms with Gasteiger partial charge in [0.15, 0.2) is 0 Å². The molecule has 2 aromatic carbocycles. The van der Waals surface area contributed by atoms with Crippen molar-refractivity contribution < 1.29 is 9.53 Å². The highest BCUT2D eigenvalue weighted by molar-refractivity contribution is 6.99. The summed E-state index contributed by atoms with van der Waals surface area (Å²) in [6.45, 7) is 10.1. The van der Waals surface area contributed by atoms with Crippen LogP contribution in [0.1, 0.15) is 47.0 Å². The summed E-state index contributed by atoms with van der Waals surface area (Å²) in [5, 5.41) is 11.9. The molecule has 3 heteroatoms. The van der Waals surface area contributed by atoms with Crippen molar-refractivity contribution >= 4 is 18.7 Å². The summed E-state index contributed by atoms with van der Waals surface area (Å²) in [6.07, 6.45) is 3.19. The molecule has 0 bridgehead atoms. The summed E-state index contributed by atoms with van der Waals surface area (Å²) in [7, 11) is -2.38. The Morgan fingerprint density at radius 3 is 1.81 bits per heavy atom. The molecule has 0 radical (unpaired) electrons. The quantitative estimate of drug-likeness (QED) is 0.525. The molecule has 2 aromatic rings. The van der Waals surface area contributed by atoms with Gasteiger partial charge in [0.25, 0.3) is 8.32 Å². The molecular weight excluding hydrogens is 336 g/mol. The van der Waals surface area contributed by atoms with Gasteiger partial charge >= 0.3 is 0 Å². The molecule has 0 amide bonds. The zero-order valence-electron chi connectivity index (χ0n) is 16.7. The van der Waals surface area contributed by atoms with Crippen LogP contribution in [0.25, 0.3) is 0 Å². The number of rotatable bonds is 9. The molecule has 1 atom stereocenters. The first-order valence-electron chi connectivity index (χ1n) is 9.77. The Balaban J connectivity index is 2.29. The topological polar surface area (TPSA) is 29.5 Å². The molecule has 0 unspecified atom stereocenters. The maximum atomic E-state index is 9.20. The van der Waals surface area contributed by atoms with E-state index in [1.807, 2.05) is 0 Å². The van der Waals surface area contributed by atoms with Gasteiger partial charge in [-0.25, -0.2) is 0 Å². The van der Waals surface area contributed by atoms with Crippen LogP contribution in [0.2, 0.25) is 5.04 Å². The molecule has 0 aromatic heterocycles. The summed E-state index contributed by atoms with van der Waals surface area (Å²) >= 11 is 0. The van der Waals surface area contributed by atoms with Crippen molar-refractivity contribution in [3.63, 3.8) is 0 Å². The van der Waals surface area contributed by atoms with Crippen molar-refractivity contribution in [3.8, 4) is 0 Å². The lowest BCUT2D eigenvalue weighted by Gasteiger charge is -2.43. The number of hydrogen-bond donors (Lipinski definition) is 1. The van der Waals surface area contributed by atoms with Gasteiger partial charge in [-0.05, 0) is 34.2 Å². The minimum Gasteiger partial charge on any atom is -0.407 e. The lowest BCUT2D eigenvalue weighted by atomic mass is 10.1. The molecule has 0 aliphatic carbocycles. The second kappa shape index (κ2) is 9.49. The van der Waals surface area contributed by atoms with Crippen molar-refractivity contribution in [2.75, 3.05) is 13.2 Å². The van der Waals surface area contributed by atoms with Gasteiger partial charge in [0.2, 0.25) is 0 Å². The normalized spacial score (nSPS) is 13.6. The molecule has 2 nitrogen and oxygen atoms in total. The molecule has 0 fully saturated rings. The monoisotopic (exact) mass is 370 g/mol. The Kier molecular flexibility index (Phi) is 7.63. The highest BCUT2D eigenvalue weighted by atomic mass is 28.4. The highest BCUT2D eigenvalue weighted by Gasteiger charge is 2.49. The summed E-state index contributed by atoms with van der Waals surface area (Å²) in [4.78, 5) is 0. The summed E-state index contributed by atoms with van der Waals surface area (Å²) in [5.41, 5.74) is 0. The van der Waals surface area contributed by atoms with E-state index in [2.05, 4.69) is 88.4 Å². The van der Waals surface area contributed by atoms with Crippen LogP contribution in [0.3, 0.4) is 0 Å².